The van der Waals surface area contributed by atoms with E-state index in [9.17, 15) is 62.6 Å². The van der Waals surface area contributed by atoms with Crippen molar-refractivity contribution in [1.29, 1.82) is 0 Å². The largest absolute Gasteiger partial charge is 0.466 e. The monoisotopic (exact) mass is 2030 g/mol. The molecule has 800 valence electrons. The van der Waals surface area contributed by atoms with Crippen LogP contribution < -0.4 is 0 Å². The van der Waals surface area contributed by atoms with E-state index in [1.54, 1.807) is 118 Å². The van der Waals surface area contributed by atoms with E-state index in [1.807, 2.05) is 191 Å². The first kappa shape index (κ1) is 139. The highest BCUT2D eigenvalue weighted by atomic mass is 35.5. The molecule has 0 unspecified atom stereocenters. The fraction of sp³-hybridized carbons (Fsp3) is 0.676. The van der Waals surface area contributed by atoms with Crippen LogP contribution in [0.4, 0.5) is 0 Å². The van der Waals surface area contributed by atoms with Gasteiger partial charge in [0.25, 0.3) is 0 Å². The van der Waals surface area contributed by atoms with Crippen molar-refractivity contribution < 1.29 is 124 Å². The smallest absolute Gasteiger partial charge is 0.319 e. The lowest BCUT2D eigenvalue weighted by atomic mass is 9.74. The predicted molar refractivity (Wildman–Crippen MR) is 561 cm³/mol. The SMILES string of the molecule is CCC(=O)Cl.CCOC(=O)C(C)(C)C(=O)CC.CCOC(=O)C(C)(C)C(=O)[C@H](C)[C@@H](O)[C@@H](C)COCc1ccccc1.CCOC(=O)C(C)(C)C(=O)[C@H](C)[C@H](O[Si](C)(C)C(C)(C)C)[C@@H](C)COCc1ccccc1.CCOC(=O)C(C)C.C[C@@H](COCc1ccccc1)[C@H](O[Si](C)(C)C(C)(C)C)[C@@H](C)C(=O)C(C)(C)C(=O)CC(=O)OC(C)(C)C.C[C@@H](O)OC(C)(C)C.C[C@H](C=O)COCc1ccccc1. The zero-order valence-corrected chi connectivity index (χ0v) is 96.0. The van der Waals surface area contributed by atoms with Crippen LogP contribution in [0.5, 0.6) is 0 Å². The van der Waals surface area contributed by atoms with Crippen LogP contribution in [0.3, 0.4) is 0 Å². The van der Waals surface area contributed by atoms with Gasteiger partial charge in [0.05, 0.1) is 115 Å². The molecule has 140 heavy (non-hydrogen) atoms. The Morgan fingerprint density at radius 1 is 0.371 bits per heavy atom. The van der Waals surface area contributed by atoms with Gasteiger partial charge in [-0.2, -0.15) is 0 Å². The topological polar surface area (TPSA) is 356 Å². The van der Waals surface area contributed by atoms with Crippen molar-refractivity contribution in [2.24, 2.45) is 69.0 Å². The van der Waals surface area contributed by atoms with Gasteiger partial charge in [-0.05, 0) is 202 Å². The molecule has 4 aromatic carbocycles. The third kappa shape index (κ3) is 56.5. The zero-order chi connectivity index (χ0) is 110. The summed E-state index contributed by atoms with van der Waals surface area (Å²) < 4.78 is 66.4. The lowest BCUT2D eigenvalue weighted by Crippen LogP contribution is -2.51. The van der Waals surface area contributed by atoms with E-state index >= 15 is 0 Å². The van der Waals surface area contributed by atoms with Gasteiger partial charge in [0.1, 0.15) is 40.3 Å². The third-order valence-corrected chi connectivity index (χ3v) is 32.5. The molecule has 0 heterocycles. The molecule has 4 rings (SSSR count). The second-order valence-electron chi connectivity index (χ2n) is 42.8. The van der Waals surface area contributed by atoms with Gasteiger partial charge in [-0.25, -0.2) is 0 Å². The molecule has 0 aliphatic rings. The second-order valence-corrected chi connectivity index (χ2v) is 52.7. The molecule has 0 saturated carbocycles. The first-order valence-electron chi connectivity index (χ1n) is 49.3. The van der Waals surface area contributed by atoms with Crippen molar-refractivity contribution in [3.05, 3.63) is 144 Å². The van der Waals surface area contributed by atoms with E-state index in [-0.39, 0.29) is 98.9 Å². The molecule has 0 aromatic heterocycles. The number of rotatable bonds is 48. The number of hydrogen-bond acceptors (Lipinski definition) is 26. The van der Waals surface area contributed by atoms with E-state index in [1.165, 1.54) is 13.8 Å². The van der Waals surface area contributed by atoms with Gasteiger partial charge in [0, 0.05) is 54.3 Å². The van der Waals surface area contributed by atoms with Gasteiger partial charge < -0.3 is 71.2 Å². The Hall–Kier alpha value is -7.72. The molecule has 4 aromatic rings. The number of Topliss-reactive ketones (excluding diaryl/α,β-unsaturated/α-hetero) is 5. The van der Waals surface area contributed by atoms with Crippen molar-refractivity contribution in [2.45, 2.75) is 367 Å². The standard InChI is InChI=1S/C30H50O6Si.C26H44O5Si.C20H30O5.C11H14O2.C9H16O3.C6H14O2.C6H12O2.C3H5ClO/c1-21(19-34-20-23-16-14-13-15-17-23)26(36-37(11,12)29(6,7)8)22(2)27(33)30(9,10)24(31)18-25(32)35-28(3,4)5;1-11-30-24(28)26(7,8)23(27)20(3)22(31-32(9,10)25(4,5)6)19(2)17-29-18-21-15-13-12-14-16-21;1-6-25-19(23)20(4,5)18(22)15(3)17(21)14(2)12-24-13-16-10-8-7-9-11-16;1-10(7-12)8-13-9-11-5-3-2-4-6-11;1-5-7(10)9(3,4)8(11)12-6-2;1-5(7)8-6(2,3)4;1-4-8-6(7)5(2)3;1-2-3(4)5/h13-17,21-22,26H,18-20H2,1-12H3;12-16,19-20,22H,11,17-18H2,1-10H3;7-11,14-15,17,21H,6,12-13H2,1-5H3;2-7,10H,8-9H2,1H3;5-6H2,1-4H3;5,7H,1-4H3;5H,4H2,1-3H3;2H2,1H3/t21-,22+,26-;19-,20+,22+;14-,15+,17-;10-;;5-;;/m0001.0../s1. The summed E-state index contributed by atoms with van der Waals surface area (Å²) in [6.07, 6.45) is -1.07. The number of ketones is 5. The number of ether oxygens (including phenoxy) is 10. The Morgan fingerprint density at radius 2 is 0.657 bits per heavy atom. The normalized spacial score (nSPS) is 14.3. The minimum absolute atomic E-state index is 0.00467. The van der Waals surface area contributed by atoms with Crippen molar-refractivity contribution in [3.8, 4) is 0 Å². The van der Waals surface area contributed by atoms with Crippen LogP contribution in [-0.4, -0.2) is 186 Å². The lowest BCUT2D eigenvalue weighted by Gasteiger charge is -2.43. The van der Waals surface area contributed by atoms with Gasteiger partial charge in [-0.15, -0.1) is 0 Å². The maximum absolute atomic E-state index is 13.8. The average Bonchev–Trinajstić information content (AvgIpc) is 0.799. The van der Waals surface area contributed by atoms with Crippen LogP contribution in [0.1, 0.15) is 291 Å². The number of aldehydes is 1. The minimum atomic E-state index is -2.25. The fourth-order valence-corrected chi connectivity index (χ4v) is 15.5. The summed E-state index contributed by atoms with van der Waals surface area (Å²) in [4.78, 5) is 143. The first-order valence-corrected chi connectivity index (χ1v) is 55.5. The maximum Gasteiger partial charge on any atom is 0.319 e. The van der Waals surface area contributed by atoms with Crippen LogP contribution in [0.25, 0.3) is 0 Å². The molecular formula is C111H185ClO26Si2. The average molecular weight is 2030 g/mol. The van der Waals surface area contributed by atoms with E-state index in [0.717, 1.165) is 28.5 Å². The van der Waals surface area contributed by atoms with Crippen LogP contribution >= 0.6 is 11.6 Å². The number of aliphatic hydroxyl groups excluding tert-OH is 2. The molecule has 29 heteroatoms. The summed E-state index contributed by atoms with van der Waals surface area (Å²) in [6.45, 7) is 79.2. The molecule has 0 amide bonds. The molecule has 0 spiro atoms. The van der Waals surface area contributed by atoms with Crippen LogP contribution in [0.15, 0.2) is 121 Å². The van der Waals surface area contributed by atoms with E-state index in [0.29, 0.717) is 78.9 Å². The van der Waals surface area contributed by atoms with Gasteiger partial charge in [-0.1, -0.05) is 239 Å². The maximum atomic E-state index is 13.8. The van der Waals surface area contributed by atoms with Crippen LogP contribution in [0, 0.1) is 69.0 Å². The number of halogens is 1. The van der Waals surface area contributed by atoms with Gasteiger partial charge >= 0.3 is 29.8 Å². The van der Waals surface area contributed by atoms with Crippen LogP contribution in [-0.2, 0) is 140 Å². The van der Waals surface area contributed by atoms with Crippen LogP contribution in [0.2, 0.25) is 36.3 Å². The Kier molecular flexibility index (Phi) is 67.1. The number of benzene rings is 4. The van der Waals surface area contributed by atoms with Crippen molar-refractivity contribution in [1.82, 2.24) is 0 Å². The fourth-order valence-electron chi connectivity index (χ4n) is 12.6. The van der Waals surface area contributed by atoms with E-state index in [2.05, 4.69) is 79.4 Å². The Morgan fingerprint density at radius 3 is 0.900 bits per heavy atom. The summed E-state index contributed by atoms with van der Waals surface area (Å²) in [5, 5.41) is 18.8. The molecule has 26 nitrogen and oxygen atoms in total. The summed E-state index contributed by atoms with van der Waals surface area (Å²) in [5.74, 6) is -5.55. The van der Waals surface area contributed by atoms with Gasteiger partial charge in [0.2, 0.25) is 5.24 Å². The molecule has 0 bridgehead atoms. The minimum Gasteiger partial charge on any atom is -0.466 e. The molecule has 11 atom stereocenters. The number of esters is 5. The summed E-state index contributed by atoms with van der Waals surface area (Å²) >= 11 is 4.82. The molecule has 2 N–H and O–H groups in total. The number of aliphatic hydroxyl groups is 2. The second kappa shape index (κ2) is 67.8. The van der Waals surface area contributed by atoms with Gasteiger partial charge in [-0.3, -0.25) is 52.7 Å². The van der Waals surface area contributed by atoms with Crippen molar-refractivity contribution >= 4 is 98.5 Å². The molecule has 0 saturated heterocycles. The highest BCUT2D eigenvalue weighted by Gasteiger charge is 2.50. The van der Waals surface area contributed by atoms with Gasteiger partial charge in [0.15, 0.2) is 46.1 Å². The lowest BCUT2D eigenvalue weighted by molar-refractivity contribution is -0.162. The third-order valence-electron chi connectivity index (χ3n) is 23.3. The van der Waals surface area contributed by atoms with Crippen molar-refractivity contribution in [3.63, 3.8) is 0 Å². The molecular weight excluding hydrogens is 1840 g/mol. The summed E-state index contributed by atoms with van der Waals surface area (Å²) in [7, 11) is -4.42. The molecule has 0 aliphatic carbocycles. The Balaban J connectivity index is -0.000000814. The summed E-state index contributed by atoms with van der Waals surface area (Å²) in [6, 6.07) is 39.6. The van der Waals surface area contributed by atoms with E-state index in [4.69, 9.17) is 68.2 Å². The number of hydrogen-bond donors (Lipinski definition) is 2. The highest BCUT2D eigenvalue weighted by Crippen LogP contribution is 2.43. The summed E-state index contributed by atoms with van der Waals surface area (Å²) in [5.41, 5.74) is -1.39. The van der Waals surface area contributed by atoms with Crippen molar-refractivity contribution in [2.75, 3.05) is 52.9 Å². The highest BCUT2D eigenvalue weighted by molar-refractivity contribution is 6.74. The Bertz CT molecular complexity index is 4200. The number of carbonyl (C=O) groups excluding carboxylic acids is 12. The van der Waals surface area contributed by atoms with E-state index < -0.39 is 116 Å². The predicted octanol–water partition coefficient (Wildman–Crippen LogP) is 22.9. The Labute approximate surface area is 850 Å². The number of carbonyl (C=O) groups is 12. The quantitative estimate of drug-likeness (QED) is 0.00789. The molecule has 0 radical (unpaired) electrons. The molecule has 0 aliphatic heterocycles. The first-order chi connectivity index (χ1) is 64.2. The molecule has 0 fully saturated rings. The zero-order valence-electron chi connectivity index (χ0n) is 93.2.